The van der Waals surface area contributed by atoms with E-state index in [0.29, 0.717) is 11.3 Å². The lowest BCUT2D eigenvalue weighted by Crippen LogP contribution is -2.47. The number of nitrogens with zero attached hydrogens (tertiary/aromatic N) is 4. The number of carbonyl (C=O) groups is 1. The van der Waals surface area contributed by atoms with Crippen LogP contribution in [0.25, 0.3) is 33.3 Å². The molecule has 0 saturated heterocycles. The minimum Gasteiger partial charge on any atom is -0.346 e. The van der Waals surface area contributed by atoms with Crippen LogP contribution in [0.2, 0.25) is 0 Å². The Morgan fingerprint density at radius 1 is 1.12 bits per heavy atom. The molecular weight excluding hydrogens is 447 g/mol. The van der Waals surface area contributed by atoms with Gasteiger partial charge in [-0.25, -0.2) is 4.98 Å². The number of pyridine rings is 2. The first kappa shape index (κ1) is 23.4. The third kappa shape index (κ3) is 5.25. The molecule has 178 valence electrons. The van der Waals surface area contributed by atoms with Gasteiger partial charge in [0, 0.05) is 59.5 Å². The number of anilines is 1. The monoisotopic (exact) mass is 471 g/mol. The van der Waals surface area contributed by atoms with Gasteiger partial charge in [-0.05, 0) is 18.1 Å². The summed E-state index contributed by atoms with van der Waals surface area (Å²) in [6, 6.07) is 2.71. The molecule has 0 radical (unpaired) electrons. The largest absolute Gasteiger partial charge is 0.401 e. The number of amides is 1. The van der Waals surface area contributed by atoms with Crippen molar-refractivity contribution >= 4 is 22.6 Å². The van der Waals surface area contributed by atoms with Gasteiger partial charge in [-0.15, -0.1) is 0 Å². The number of carbonyl (C=O) groups excluding carboxylic acids is 1. The Hall–Kier alpha value is -3.73. The van der Waals surface area contributed by atoms with Crippen molar-refractivity contribution in [3.05, 3.63) is 49.3 Å². The van der Waals surface area contributed by atoms with E-state index in [1.807, 2.05) is 19.3 Å². The molecule has 4 aromatic heterocycles. The third-order valence-electron chi connectivity index (χ3n) is 5.36. The van der Waals surface area contributed by atoms with Crippen molar-refractivity contribution in [2.75, 3.05) is 11.9 Å². The smallest absolute Gasteiger partial charge is 0.346 e. The molecule has 0 bridgehead atoms. The minimum atomic E-state index is -4.41. The summed E-state index contributed by atoms with van der Waals surface area (Å²) >= 11 is 0. The van der Waals surface area contributed by atoms with Gasteiger partial charge in [0.25, 0.3) is 0 Å². The summed E-state index contributed by atoms with van der Waals surface area (Å²) in [6.45, 7) is 2.12. The van der Waals surface area contributed by atoms with Crippen molar-refractivity contribution in [2.45, 2.75) is 26.1 Å². The molecule has 0 spiro atoms. The van der Waals surface area contributed by atoms with Crippen LogP contribution in [0.3, 0.4) is 0 Å². The van der Waals surface area contributed by atoms with Crippen molar-refractivity contribution in [1.29, 1.82) is 0 Å². The van der Waals surface area contributed by atoms with E-state index in [1.165, 1.54) is 6.20 Å². The molecule has 3 N–H and O–H groups in total. The summed E-state index contributed by atoms with van der Waals surface area (Å²) in [5, 5.41) is 10.0. The molecule has 4 aromatic rings. The number of aryl methyl sites for hydroxylation is 1. The lowest BCUT2D eigenvalue weighted by Gasteiger charge is -2.22. The van der Waals surface area contributed by atoms with Gasteiger partial charge in [0.05, 0.1) is 30.7 Å². The van der Waals surface area contributed by atoms with Gasteiger partial charge >= 0.3 is 6.18 Å². The highest BCUT2D eigenvalue weighted by atomic mass is 19.4. The highest BCUT2D eigenvalue weighted by molar-refractivity contribution is 5.98. The molecule has 0 saturated carbocycles. The number of aromatic amines is 1. The average molecular weight is 471 g/mol. The Bertz CT molecular complexity index is 1310. The number of fused-ring (bicyclic) bond motifs is 1. The highest BCUT2D eigenvalue weighted by Gasteiger charge is 2.31. The maximum atomic E-state index is 12.7. The fourth-order valence-electron chi connectivity index (χ4n) is 3.70. The van der Waals surface area contributed by atoms with Gasteiger partial charge in [0.15, 0.2) is 0 Å². The average Bonchev–Trinajstić information content (AvgIpc) is 3.38. The Morgan fingerprint density at radius 3 is 2.59 bits per heavy atom. The molecule has 1 atom stereocenters. The number of halogens is 3. The van der Waals surface area contributed by atoms with Crippen LogP contribution in [0, 0.1) is 5.92 Å². The normalized spacial score (nSPS) is 12.9. The molecule has 0 aromatic carbocycles. The van der Waals surface area contributed by atoms with Crippen molar-refractivity contribution in [1.82, 2.24) is 30.0 Å². The number of nitrogens with one attached hydrogen (secondary N) is 3. The molecule has 4 rings (SSSR count). The van der Waals surface area contributed by atoms with Crippen LogP contribution in [0.5, 0.6) is 0 Å². The zero-order chi connectivity index (χ0) is 24.5. The van der Waals surface area contributed by atoms with E-state index in [-0.39, 0.29) is 5.92 Å². The standard InChI is InChI=1S/C23H24F3N7O/c1-13(2)20(30-12-23(24,25)26)22(34)32-17-4-15(6-27-9-17)19-10-29-21-18(19)5-14(7-28-21)16-8-31-33(3)11-16/h4-11,13,20,30H,12H2,1-3H3,(H,28,29)(H,32,34)/t20-/m0/s1. The topological polar surface area (TPSA) is 101 Å². The summed E-state index contributed by atoms with van der Waals surface area (Å²) in [5.74, 6) is -0.901. The number of hydrogen-bond donors (Lipinski definition) is 3. The Balaban J connectivity index is 1.59. The van der Waals surface area contributed by atoms with Gasteiger partial charge < -0.3 is 10.3 Å². The number of hydrogen-bond acceptors (Lipinski definition) is 5. The van der Waals surface area contributed by atoms with Crippen molar-refractivity contribution in [2.24, 2.45) is 13.0 Å². The van der Waals surface area contributed by atoms with Crippen LogP contribution in [0.4, 0.5) is 18.9 Å². The van der Waals surface area contributed by atoms with E-state index in [2.05, 4.69) is 30.7 Å². The minimum absolute atomic E-state index is 0.343. The lowest BCUT2D eigenvalue weighted by molar-refractivity contribution is -0.131. The molecule has 0 aliphatic heterocycles. The zero-order valence-corrected chi connectivity index (χ0v) is 18.8. The van der Waals surface area contributed by atoms with E-state index in [4.69, 9.17) is 0 Å². The van der Waals surface area contributed by atoms with E-state index >= 15 is 0 Å². The van der Waals surface area contributed by atoms with E-state index in [0.717, 1.165) is 27.6 Å². The first-order valence-corrected chi connectivity index (χ1v) is 10.6. The molecule has 0 unspecified atom stereocenters. The molecular formula is C23H24F3N7O. The molecule has 8 nitrogen and oxygen atoms in total. The van der Waals surface area contributed by atoms with Crippen LogP contribution in [-0.4, -0.2) is 49.4 Å². The van der Waals surface area contributed by atoms with Crippen molar-refractivity contribution in [3.63, 3.8) is 0 Å². The van der Waals surface area contributed by atoms with Gasteiger partial charge in [0.1, 0.15) is 5.65 Å². The second kappa shape index (κ2) is 9.26. The van der Waals surface area contributed by atoms with Crippen LogP contribution in [-0.2, 0) is 11.8 Å². The molecule has 4 heterocycles. The Kier molecular flexibility index (Phi) is 6.38. The van der Waals surface area contributed by atoms with Gasteiger partial charge in [-0.3, -0.25) is 19.8 Å². The van der Waals surface area contributed by atoms with Gasteiger partial charge in [-0.1, -0.05) is 13.8 Å². The Labute approximate surface area is 193 Å². The second-order valence-electron chi connectivity index (χ2n) is 8.39. The first-order chi connectivity index (χ1) is 16.1. The van der Waals surface area contributed by atoms with E-state index < -0.39 is 24.7 Å². The van der Waals surface area contributed by atoms with Crippen LogP contribution in [0.15, 0.2) is 49.3 Å². The molecule has 34 heavy (non-hydrogen) atoms. The highest BCUT2D eigenvalue weighted by Crippen LogP contribution is 2.31. The summed E-state index contributed by atoms with van der Waals surface area (Å²) in [4.78, 5) is 24.5. The SMILES string of the molecule is CC(C)[C@H](NCC(F)(F)F)C(=O)Nc1cncc(-c2c[nH]c3ncc(-c4cnn(C)c4)cc23)c1. The Morgan fingerprint density at radius 2 is 1.91 bits per heavy atom. The fraction of sp³-hybridized carbons (Fsp3) is 0.304. The zero-order valence-electron chi connectivity index (χ0n) is 18.8. The van der Waals surface area contributed by atoms with Crippen LogP contribution >= 0.6 is 0 Å². The molecule has 0 aliphatic rings. The molecule has 1 amide bonds. The maximum Gasteiger partial charge on any atom is 0.401 e. The predicted octanol–water partition coefficient (Wildman–Crippen LogP) is 4.14. The predicted molar refractivity (Wildman–Crippen MR) is 123 cm³/mol. The first-order valence-electron chi connectivity index (χ1n) is 10.6. The maximum absolute atomic E-state index is 12.7. The number of rotatable bonds is 7. The van der Waals surface area contributed by atoms with Crippen molar-refractivity contribution < 1.29 is 18.0 Å². The molecule has 11 heteroatoms. The summed E-state index contributed by atoms with van der Waals surface area (Å²) in [5.41, 5.74) is 4.44. The number of alkyl halides is 3. The molecule has 0 aliphatic carbocycles. The van der Waals surface area contributed by atoms with Crippen LogP contribution in [0.1, 0.15) is 13.8 Å². The molecule has 0 fully saturated rings. The summed E-state index contributed by atoms with van der Waals surface area (Å²) in [6.07, 6.45) is 5.90. The van der Waals surface area contributed by atoms with Crippen LogP contribution < -0.4 is 10.6 Å². The summed E-state index contributed by atoms with van der Waals surface area (Å²) in [7, 11) is 1.84. The van der Waals surface area contributed by atoms with Gasteiger partial charge in [0.2, 0.25) is 5.91 Å². The van der Waals surface area contributed by atoms with E-state index in [1.54, 1.807) is 49.4 Å². The fourth-order valence-corrected chi connectivity index (χ4v) is 3.70. The second-order valence-corrected chi connectivity index (χ2v) is 8.39. The summed E-state index contributed by atoms with van der Waals surface area (Å²) < 4.78 is 39.6. The van der Waals surface area contributed by atoms with Crippen molar-refractivity contribution in [3.8, 4) is 22.3 Å². The number of H-pyrrole nitrogens is 1. The van der Waals surface area contributed by atoms with E-state index in [9.17, 15) is 18.0 Å². The number of aromatic nitrogens is 5. The lowest BCUT2D eigenvalue weighted by atomic mass is 10.0. The quantitative estimate of drug-likeness (QED) is 0.376. The third-order valence-corrected chi connectivity index (χ3v) is 5.36. The van der Waals surface area contributed by atoms with Gasteiger partial charge in [-0.2, -0.15) is 18.3 Å².